The molecule has 0 amide bonds. The molecule has 0 radical (unpaired) electrons. The summed E-state index contributed by atoms with van der Waals surface area (Å²) in [6, 6.07) is 10.2. The summed E-state index contributed by atoms with van der Waals surface area (Å²) in [5.74, 6) is 0.322. The van der Waals surface area contributed by atoms with E-state index in [1.54, 1.807) is 13.2 Å². The predicted octanol–water partition coefficient (Wildman–Crippen LogP) is 3.09. The maximum atomic E-state index is 9.24. The standard InChI is InChI=1S/C14H20O2/c1-11(14-7-5-4-6-8-14)9-10-16-13(3)12(2)15/h4-13,15H,1-3H3/b10-9+/t11-,12+,13+/m0/s1. The number of hydrogen-bond donors (Lipinski definition) is 1. The fourth-order valence-corrected chi connectivity index (χ4v) is 1.27. The molecule has 3 atom stereocenters. The zero-order valence-electron chi connectivity index (χ0n) is 10.1. The number of aliphatic hydroxyl groups excluding tert-OH is 1. The summed E-state index contributed by atoms with van der Waals surface area (Å²) in [6.07, 6.45) is 3.06. The lowest BCUT2D eigenvalue weighted by Crippen LogP contribution is -2.20. The summed E-state index contributed by atoms with van der Waals surface area (Å²) in [4.78, 5) is 0. The van der Waals surface area contributed by atoms with Crippen molar-refractivity contribution in [1.29, 1.82) is 0 Å². The van der Waals surface area contributed by atoms with Crippen LogP contribution in [0.4, 0.5) is 0 Å². The van der Waals surface area contributed by atoms with Crippen LogP contribution in [0.5, 0.6) is 0 Å². The van der Waals surface area contributed by atoms with Gasteiger partial charge in [0, 0.05) is 5.92 Å². The van der Waals surface area contributed by atoms with Crippen molar-refractivity contribution in [1.82, 2.24) is 0 Å². The molecule has 1 aromatic rings. The molecule has 2 heteroatoms. The van der Waals surface area contributed by atoms with E-state index in [1.807, 2.05) is 31.2 Å². The fraction of sp³-hybridized carbons (Fsp3) is 0.429. The van der Waals surface area contributed by atoms with Crippen LogP contribution in [-0.4, -0.2) is 17.3 Å². The first-order valence-corrected chi connectivity index (χ1v) is 5.66. The minimum Gasteiger partial charge on any atom is -0.496 e. The largest absolute Gasteiger partial charge is 0.496 e. The third kappa shape index (κ3) is 4.07. The molecule has 0 fully saturated rings. The average molecular weight is 220 g/mol. The molecule has 0 spiro atoms. The van der Waals surface area contributed by atoms with Crippen molar-refractivity contribution < 1.29 is 9.84 Å². The van der Waals surface area contributed by atoms with Gasteiger partial charge in [0.15, 0.2) is 0 Å². The second-order valence-corrected chi connectivity index (χ2v) is 4.11. The van der Waals surface area contributed by atoms with Crippen LogP contribution in [0.1, 0.15) is 32.3 Å². The monoisotopic (exact) mass is 220 g/mol. The lowest BCUT2D eigenvalue weighted by atomic mass is 10.0. The van der Waals surface area contributed by atoms with Crippen molar-refractivity contribution in [3.05, 3.63) is 48.2 Å². The third-order valence-corrected chi connectivity index (χ3v) is 2.67. The van der Waals surface area contributed by atoms with Gasteiger partial charge < -0.3 is 9.84 Å². The van der Waals surface area contributed by atoms with Gasteiger partial charge in [0.1, 0.15) is 6.10 Å². The van der Waals surface area contributed by atoms with Crippen LogP contribution in [-0.2, 0) is 4.74 Å². The first-order chi connectivity index (χ1) is 7.61. The number of allylic oxidation sites excluding steroid dienone is 1. The smallest absolute Gasteiger partial charge is 0.120 e. The second-order valence-electron chi connectivity index (χ2n) is 4.11. The van der Waals surface area contributed by atoms with Crippen LogP contribution in [0.3, 0.4) is 0 Å². The Labute approximate surface area is 97.6 Å². The van der Waals surface area contributed by atoms with Crippen molar-refractivity contribution in [2.45, 2.75) is 38.9 Å². The molecule has 0 aliphatic carbocycles. The van der Waals surface area contributed by atoms with Crippen LogP contribution >= 0.6 is 0 Å². The second kappa shape index (κ2) is 6.33. The lowest BCUT2D eigenvalue weighted by molar-refractivity contribution is 0.0315. The Kier molecular flexibility index (Phi) is 5.06. The lowest BCUT2D eigenvalue weighted by Gasteiger charge is -2.14. The number of benzene rings is 1. The van der Waals surface area contributed by atoms with Gasteiger partial charge in [0.25, 0.3) is 0 Å². The molecule has 2 nitrogen and oxygen atoms in total. The van der Waals surface area contributed by atoms with E-state index in [2.05, 4.69) is 19.1 Å². The molecule has 0 bridgehead atoms. The zero-order valence-corrected chi connectivity index (χ0v) is 10.1. The van der Waals surface area contributed by atoms with E-state index in [9.17, 15) is 5.11 Å². The Balaban J connectivity index is 2.46. The SMILES string of the molecule is C[C@@H](/C=C/O[C@H](C)[C@@H](C)O)c1ccccc1. The Morgan fingerprint density at radius 3 is 2.31 bits per heavy atom. The zero-order chi connectivity index (χ0) is 12.0. The van der Waals surface area contributed by atoms with Gasteiger partial charge in [0.2, 0.25) is 0 Å². The Morgan fingerprint density at radius 2 is 1.75 bits per heavy atom. The number of hydrogen-bond acceptors (Lipinski definition) is 2. The molecule has 1 N–H and O–H groups in total. The van der Waals surface area contributed by atoms with Gasteiger partial charge in [-0.3, -0.25) is 0 Å². The van der Waals surface area contributed by atoms with Gasteiger partial charge in [-0.05, 0) is 25.5 Å². The van der Waals surface area contributed by atoms with Crippen LogP contribution < -0.4 is 0 Å². The summed E-state index contributed by atoms with van der Waals surface area (Å²) in [5.41, 5.74) is 1.26. The highest BCUT2D eigenvalue weighted by molar-refractivity contribution is 5.22. The van der Waals surface area contributed by atoms with E-state index >= 15 is 0 Å². The van der Waals surface area contributed by atoms with Crippen LogP contribution in [0.15, 0.2) is 42.7 Å². The molecule has 0 heterocycles. The van der Waals surface area contributed by atoms with E-state index in [0.29, 0.717) is 5.92 Å². The number of rotatable bonds is 5. The van der Waals surface area contributed by atoms with Crippen LogP contribution in [0.25, 0.3) is 0 Å². The molecule has 0 unspecified atom stereocenters. The first kappa shape index (κ1) is 12.8. The average Bonchev–Trinajstić information content (AvgIpc) is 2.29. The molecule has 88 valence electrons. The molecule has 0 aliphatic rings. The first-order valence-electron chi connectivity index (χ1n) is 5.66. The van der Waals surface area contributed by atoms with Crippen molar-refractivity contribution >= 4 is 0 Å². The number of ether oxygens (including phenoxy) is 1. The highest BCUT2D eigenvalue weighted by Crippen LogP contribution is 2.15. The van der Waals surface area contributed by atoms with E-state index in [1.165, 1.54) is 5.56 Å². The quantitative estimate of drug-likeness (QED) is 0.773. The summed E-state index contributed by atoms with van der Waals surface area (Å²) < 4.78 is 5.36. The molecular weight excluding hydrogens is 200 g/mol. The molecule has 0 aromatic heterocycles. The van der Waals surface area contributed by atoms with Gasteiger partial charge in [-0.15, -0.1) is 0 Å². The molecule has 1 aromatic carbocycles. The normalized spacial score (nSPS) is 17.0. The molecular formula is C14H20O2. The number of aliphatic hydroxyl groups is 1. The third-order valence-electron chi connectivity index (χ3n) is 2.67. The fourth-order valence-electron chi connectivity index (χ4n) is 1.27. The van der Waals surface area contributed by atoms with E-state index < -0.39 is 6.10 Å². The summed E-state index contributed by atoms with van der Waals surface area (Å²) in [5, 5.41) is 9.24. The predicted molar refractivity (Wildman–Crippen MR) is 66.2 cm³/mol. The Hall–Kier alpha value is -1.28. The summed E-state index contributed by atoms with van der Waals surface area (Å²) >= 11 is 0. The maximum absolute atomic E-state index is 9.24. The van der Waals surface area contributed by atoms with Crippen molar-refractivity contribution in [3.8, 4) is 0 Å². The molecule has 0 aliphatic heterocycles. The highest BCUT2D eigenvalue weighted by Gasteiger charge is 2.07. The van der Waals surface area contributed by atoms with Gasteiger partial charge in [-0.1, -0.05) is 37.3 Å². The molecule has 0 saturated carbocycles. The van der Waals surface area contributed by atoms with Crippen molar-refractivity contribution in [2.75, 3.05) is 0 Å². The Bertz CT molecular complexity index is 317. The minimum absolute atomic E-state index is 0.167. The summed E-state index contributed by atoms with van der Waals surface area (Å²) in [7, 11) is 0. The van der Waals surface area contributed by atoms with Gasteiger partial charge in [-0.25, -0.2) is 0 Å². The Morgan fingerprint density at radius 1 is 1.12 bits per heavy atom. The van der Waals surface area contributed by atoms with E-state index in [0.717, 1.165) is 0 Å². The topological polar surface area (TPSA) is 29.5 Å². The van der Waals surface area contributed by atoms with Crippen molar-refractivity contribution in [3.63, 3.8) is 0 Å². The molecule has 1 rings (SSSR count). The summed E-state index contributed by atoms with van der Waals surface area (Å²) in [6.45, 7) is 5.68. The van der Waals surface area contributed by atoms with E-state index in [4.69, 9.17) is 4.74 Å². The highest BCUT2D eigenvalue weighted by atomic mass is 16.5. The maximum Gasteiger partial charge on any atom is 0.120 e. The van der Waals surface area contributed by atoms with E-state index in [-0.39, 0.29) is 6.10 Å². The van der Waals surface area contributed by atoms with Gasteiger partial charge in [-0.2, -0.15) is 0 Å². The molecule has 16 heavy (non-hydrogen) atoms. The minimum atomic E-state index is -0.448. The van der Waals surface area contributed by atoms with Crippen LogP contribution in [0, 0.1) is 0 Å². The van der Waals surface area contributed by atoms with Gasteiger partial charge >= 0.3 is 0 Å². The van der Waals surface area contributed by atoms with Gasteiger partial charge in [0.05, 0.1) is 12.4 Å². The molecule has 0 saturated heterocycles. The van der Waals surface area contributed by atoms with Crippen LogP contribution in [0.2, 0.25) is 0 Å². The van der Waals surface area contributed by atoms with Crippen molar-refractivity contribution in [2.24, 2.45) is 0 Å².